The van der Waals surface area contributed by atoms with E-state index >= 15 is 0 Å². The van der Waals surface area contributed by atoms with Crippen molar-refractivity contribution in [2.45, 2.75) is 13.5 Å². The summed E-state index contributed by atoms with van der Waals surface area (Å²) >= 11 is 8.34. The first kappa shape index (κ1) is 23.3. The third-order valence-electron chi connectivity index (χ3n) is 4.66. The molecule has 4 rings (SSSR count). The molecule has 0 fully saturated rings. The minimum atomic E-state index is -0.561. The van der Waals surface area contributed by atoms with Crippen molar-refractivity contribution in [3.63, 3.8) is 0 Å². The van der Waals surface area contributed by atoms with Gasteiger partial charge in [0.15, 0.2) is 17.2 Å². The van der Waals surface area contributed by atoms with Gasteiger partial charge in [-0.2, -0.15) is 0 Å². The minimum Gasteiger partial charge on any atom is -0.490 e. The second-order valence-corrected chi connectivity index (χ2v) is 8.56. The standard InChI is InChI=1S/C25H18ClFINO4/c1-2-31-22-13-16(11-20(28)23(22)32-14-15-7-9-17(27)10-8-15)12-21-25(30)33-24(29-21)18-5-3-4-6-19(18)26/h3-13H,2,14H2,1H3/b21-12-. The highest BCUT2D eigenvalue weighted by molar-refractivity contribution is 14.1. The Morgan fingerprint density at radius 3 is 2.61 bits per heavy atom. The van der Waals surface area contributed by atoms with Crippen LogP contribution in [0.3, 0.4) is 0 Å². The summed E-state index contributed by atoms with van der Waals surface area (Å²) in [6.45, 7) is 2.56. The molecule has 0 unspecified atom stereocenters. The van der Waals surface area contributed by atoms with Crippen molar-refractivity contribution in [2.24, 2.45) is 4.99 Å². The van der Waals surface area contributed by atoms with Gasteiger partial charge in [-0.15, -0.1) is 0 Å². The third kappa shape index (κ3) is 5.54. The smallest absolute Gasteiger partial charge is 0.363 e. The van der Waals surface area contributed by atoms with Crippen molar-refractivity contribution in [3.8, 4) is 11.5 Å². The number of nitrogens with zero attached hydrogens (tertiary/aromatic N) is 1. The lowest BCUT2D eigenvalue weighted by atomic mass is 10.1. The number of cyclic esters (lactones) is 1. The van der Waals surface area contributed by atoms with Crippen molar-refractivity contribution < 1.29 is 23.4 Å². The van der Waals surface area contributed by atoms with Crippen LogP contribution in [0.2, 0.25) is 5.02 Å². The maximum Gasteiger partial charge on any atom is 0.363 e. The van der Waals surface area contributed by atoms with Crippen molar-refractivity contribution in [1.82, 2.24) is 0 Å². The Kier molecular flexibility index (Phi) is 7.29. The number of benzene rings is 3. The molecule has 168 valence electrons. The van der Waals surface area contributed by atoms with E-state index in [1.54, 1.807) is 48.5 Å². The van der Waals surface area contributed by atoms with Gasteiger partial charge in [0.25, 0.3) is 0 Å². The summed E-state index contributed by atoms with van der Waals surface area (Å²) in [4.78, 5) is 16.7. The van der Waals surface area contributed by atoms with Crippen LogP contribution in [0.5, 0.6) is 11.5 Å². The Bertz CT molecular complexity index is 1260. The minimum absolute atomic E-state index is 0.156. The molecule has 0 amide bonds. The molecule has 3 aromatic carbocycles. The molecule has 0 saturated heterocycles. The zero-order chi connectivity index (χ0) is 23.4. The zero-order valence-electron chi connectivity index (χ0n) is 17.5. The van der Waals surface area contributed by atoms with E-state index < -0.39 is 5.97 Å². The quantitative estimate of drug-likeness (QED) is 0.185. The fourth-order valence-corrected chi connectivity index (χ4v) is 4.12. The van der Waals surface area contributed by atoms with Crippen LogP contribution in [-0.4, -0.2) is 18.5 Å². The largest absolute Gasteiger partial charge is 0.490 e. The highest BCUT2D eigenvalue weighted by atomic mass is 127. The molecule has 0 saturated carbocycles. The fraction of sp³-hybridized carbons (Fsp3) is 0.120. The molecule has 0 spiro atoms. The molecule has 5 nitrogen and oxygen atoms in total. The Labute approximate surface area is 209 Å². The molecule has 0 aliphatic carbocycles. The second kappa shape index (κ2) is 10.4. The first-order chi connectivity index (χ1) is 15.9. The SMILES string of the molecule is CCOc1cc(/C=C2\N=C(c3ccccc3Cl)OC2=O)cc(I)c1OCc1ccc(F)cc1. The highest BCUT2D eigenvalue weighted by Crippen LogP contribution is 2.36. The summed E-state index contributed by atoms with van der Waals surface area (Å²) in [5.41, 5.74) is 2.23. The van der Waals surface area contributed by atoms with E-state index in [0.29, 0.717) is 34.3 Å². The number of halogens is 3. The van der Waals surface area contributed by atoms with Crippen LogP contribution in [-0.2, 0) is 16.1 Å². The summed E-state index contributed by atoms with van der Waals surface area (Å²) in [5, 5.41) is 0.445. The summed E-state index contributed by atoms with van der Waals surface area (Å²) in [6.07, 6.45) is 1.63. The topological polar surface area (TPSA) is 57.1 Å². The van der Waals surface area contributed by atoms with Crippen LogP contribution in [0.1, 0.15) is 23.6 Å². The Balaban J connectivity index is 1.61. The average molecular weight is 578 g/mol. The molecule has 1 aliphatic rings. The van der Waals surface area contributed by atoms with Gasteiger partial charge >= 0.3 is 5.97 Å². The van der Waals surface area contributed by atoms with Crippen LogP contribution in [0.4, 0.5) is 4.39 Å². The number of ether oxygens (including phenoxy) is 3. The normalized spacial score (nSPS) is 14.2. The first-order valence-electron chi connectivity index (χ1n) is 10.1. The Morgan fingerprint density at radius 2 is 1.88 bits per heavy atom. The maximum atomic E-state index is 13.1. The summed E-state index contributed by atoms with van der Waals surface area (Å²) in [5.74, 6) is 0.398. The van der Waals surface area contributed by atoms with Crippen LogP contribution in [0.15, 0.2) is 71.4 Å². The first-order valence-corrected chi connectivity index (χ1v) is 11.5. The number of hydrogen-bond acceptors (Lipinski definition) is 5. The maximum absolute atomic E-state index is 13.1. The van der Waals surface area contributed by atoms with Crippen LogP contribution in [0, 0.1) is 9.39 Å². The van der Waals surface area contributed by atoms with E-state index in [2.05, 4.69) is 27.6 Å². The van der Waals surface area contributed by atoms with Crippen LogP contribution in [0.25, 0.3) is 6.08 Å². The van der Waals surface area contributed by atoms with Crippen molar-refractivity contribution >= 4 is 52.1 Å². The molecule has 33 heavy (non-hydrogen) atoms. The number of aliphatic imine (C=N–C) groups is 1. The van der Waals surface area contributed by atoms with Gasteiger partial charge < -0.3 is 14.2 Å². The predicted octanol–water partition coefficient (Wildman–Crippen LogP) is 6.41. The van der Waals surface area contributed by atoms with E-state index in [9.17, 15) is 9.18 Å². The molecule has 0 aromatic heterocycles. The van der Waals surface area contributed by atoms with Gasteiger partial charge in [0.1, 0.15) is 12.4 Å². The number of esters is 1. The van der Waals surface area contributed by atoms with E-state index in [0.717, 1.165) is 9.13 Å². The van der Waals surface area contributed by atoms with Crippen LogP contribution >= 0.6 is 34.2 Å². The molecule has 1 heterocycles. The molecule has 1 aliphatic heterocycles. The lowest BCUT2D eigenvalue weighted by molar-refractivity contribution is -0.129. The summed E-state index contributed by atoms with van der Waals surface area (Å²) < 4.78 is 31.0. The highest BCUT2D eigenvalue weighted by Gasteiger charge is 2.25. The fourth-order valence-electron chi connectivity index (χ4n) is 3.13. The van der Waals surface area contributed by atoms with E-state index in [4.69, 9.17) is 25.8 Å². The molecular weight excluding hydrogens is 560 g/mol. The Hall–Kier alpha value is -2.91. The molecular formula is C25H18ClFINO4. The van der Waals surface area contributed by atoms with Gasteiger partial charge in [-0.3, -0.25) is 0 Å². The predicted molar refractivity (Wildman–Crippen MR) is 133 cm³/mol. The average Bonchev–Trinajstić information content (AvgIpc) is 3.15. The van der Waals surface area contributed by atoms with Crippen molar-refractivity contribution in [3.05, 3.63) is 97.5 Å². The molecule has 3 aromatic rings. The lowest BCUT2D eigenvalue weighted by Crippen LogP contribution is -2.05. The molecule has 0 bridgehead atoms. The van der Waals surface area contributed by atoms with Crippen molar-refractivity contribution in [2.75, 3.05) is 6.61 Å². The zero-order valence-corrected chi connectivity index (χ0v) is 20.4. The number of carbonyl (C=O) groups is 1. The lowest BCUT2D eigenvalue weighted by Gasteiger charge is -2.15. The number of hydrogen-bond donors (Lipinski definition) is 0. The number of carbonyl (C=O) groups excluding carboxylic acids is 1. The molecule has 0 atom stereocenters. The monoisotopic (exact) mass is 577 g/mol. The van der Waals surface area contributed by atoms with Gasteiger partial charge in [0.2, 0.25) is 5.90 Å². The van der Waals surface area contributed by atoms with Gasteiger partial charge in [-0.1, -0.05) is 35.9 Å². The molecule has 0 N–H and O–H groups in total. The molecule has 8 heteroatoms. The van der Waals surface area contributed by atoms with Gasteiger partial charge in [0, 0.05) is 0 Å². The van der Waals surface area contributed by atoms with E-state index in [1.807, 2.05) is 13.0 Å². The van der Waals surface area contributed by atoms with Gasteiger partial charge in [-0.25, -0.2) is 14.2 Å². The summed E-state index contributed by atoms with van der Waals surface area (Å²) in [7, 11) is 0. The Morgan fingerprint density at radius 1 is 1.12 bits per heavy atom. The van der Waals surface area contributed by atoms with E-state index in [-0.39, 0.29) is 24.0 Å². The van der Waals surface area contributed by atoms with Crippen LogP contribution < -0.4 is 9.47 Å². The van der Waals surface area contributed by atoms with Gasteiger partial charge in [0.05, 0.1) is 20.8 Å². The van der Waals surface area contributed by atoms with E-state index in [1.165, 1.54) is 12.1 Å². The summed E-state index contributed by atoms with van der Waals surface area (Å²) in [6, 6.07) is 16.8. The van der Waals surface area contributed by atoms with Crippen molar-refractivity contribution in [1.29, 1.82) is 0 Å². The van der Waals surface area contributed by atoms with Gasteiger partial charge in [-0.05, 0) is 83.1 Å². The second-order valence-electron chi connectivity index (χ2n) is 6.99. The molecule has 0 radical (unpaired) electrons. The number of rotatable bonds is 7. The third-order valence-corrected chi connectivity index (χ3v) is 5.79.